The molecule has 0 aromatic heterocycles. The number of hydrogen-bond acceptors (Lipinski definition) is 1. The van der Waals surface area contributed by atoms with Gasteiger partial charge in [0, 0.05) is 22.4 Å². The van der Waals surface area contributed by atoms with Gasteiger partial charge in [-0.1, -0.05) is 0 Å². The Morgan fingerprint density at radius 1 is 1.25 bits per heavy atom. The summed E-state index contributed by atoms with van der Waals surface area (Å²) in [6.45, 7) is 2.00. The molecule has 0 fully saturated rings. The van der Waals surface area contributed by atoms with Crippen LogP contribution in [0.2, 0.25) is 0 Å². The number of carbonyl (C=O) groups excluding carboxylic acids is 1. The van der Waals surface area contributed by atoms with Gasteiger partial charge in [0.1, 0.15) is 6.79 Å². The zero-order chi connectivity index (χ0) is 2.00. The molecule has 0 saturated carbocycles. The normalized spacial score (nSPS) is 1.00. The predicted octanol–water partition coefficient (Wildman–Crippen LogP) is -0.836. The Morgan fingerprint density at radius 2 is 1.25 bits per heavy atom. The Labute approximate surface area is 62.9 Å². The van der Waals surface area contributed by atoms with Gasteiger partial charge in [0.15, 0.2) is 0 Å². The molecule has 0 aromatic carbocycles. The van der Waals surface area contributed by atoms with Crippen LogP contribution in [-0.4, -0.2) is 36.3 Å². The summed E-state index contributed by atoms with van der Waals surface area (Å²) < 4.78 is 0. The van der Waals surface area contributed by atoms with Crippen molar-refractivity contribution in [1.82, 2.24) is 0 Å². The van der Waals surface area contributed by atoms with Gasteiger partial charge in [0.25, 0.3) is 0 Å². The van der Waals surface area contributed by atoms with Crippen molar-refractivity contribution in [2.75, 3.05) is 0 Å². The summed E-state index contributed by atoms with van der Waals surface area (Å²) in [5.74, 6) is 0. The number of rotatable bonds is 0. The quantitative estimate of drug-likeness (QED) is 0.500. The first-order valence-electron chi connectivity index (χ1n) is 0.289. The van der Waals surface area contributed by atoms with Crippen molar-refractivity contribution < 1.29 is 27.2 Å². The summed E-state index contributed by atoms with van der Waals surface area (Å²) in [6, 6.07) is 0. The minimum Gasteiger partial charge on any atom is 0 e. The smallest absolute Gasteiger partial charge is 0 e. The molecule has 4 heavy (non-hydrogen) atoms. The molecule has 0 amide bonds. The van der Waals surface area contributed by atoms with E-state index in [1.54, 1.807) is 0 Å². The van der Waals surface area contributed by atoms with E-state index < -0.39 is 0 Å². The third-order valence-electron chi connectivity index (χ3n) is 0. The fourth-order valence-electron chi connectivity index (χ4n) is 0. The first-order valence-corrected chi connectivity index (χ1v) is 0.289. The molecular formula is CH3NaOTa. The zero-order valence-corrected chi connectivity index (χ0v) is 4.78. The average Bonchev–Trinajstić information content (AvgIpc) is 1.00. The molecule has 19 valence electrons. The fraction of sp³-hybridized carbons (Fsp3) is 0. The second-order valence-electron chi connectivity index (χ2n) is 0. The van der Waals surface area contributed by atoms with Crippen LogP contribution in [0, 0.1) is 0 Å². The average molecular weight is 235 g/mol. The molecule has 0 heterocycles. The summed E-state index contributed by atoms with van der Waals surface area (Å²) in [5.41, 5.74) is 0. The molecule has 0 saturated heterocycles. The third kappa shape index (κ3) is 9.96. The second-order valence-corrected chi connectivity index (χ2v) is 0. The molecule has 3 heteroatoms. The minimum absolute atomic E-state index is 0. The number of carbonyl (C=O) groups is 1. The molecule has 1 nitrogen and oxygen atoms in total. The summed E-state index contributed by atoms with van der Waals surface area (Å²) in [6.07, 6.45) is 0. The first-order chi connectivity index (χ1) is 1.00. The van der Waals surface area contributed by atoms with Gasteiger partial charge in [-0.05, 0) is 0 Å². The topological polar surface area (TPSA) is 17.1 Å². The van der Waals surface area contributed by atoms with E-state index in [1.165, 1.54) is 0 Å². The number of hydrogen-bond donors (Lipinski definition) is 0. The van der Waals surface area contributed by atoms with Crippen LogP contribution in [-0.2, 0) is 27.2 Å². The summed E-state index contributed by atoms with van der Waals surface area (Å²) in [4.78, 5) is 8.00. The van der Waals surface area contributed by atoms with Gasteiger partial charge in [-0.15, -0.1) is 0 Å². The van der Waals surface area contributed by atoms with Crippen molar-refractivity contribution >= 4 is 36.3 Å². The maximum absolute atomic E-state index is 8.00. The van der Waals surface area contributed by atoms with Crippen LogP contribution in [0.4, 0.5) is 0 Å². The van der Waals surface area contributed by atoms with Gasteiger partial charge in [0.05, 0.1) is 0 Å². The van der Waals surface area contributed by atoms with Crippen molar-refractivity contribution in [3.05, 3.63) is 0 Å². The van der Waals surface area contributed by atoms with Gasteiger partial charge in [-0.2, -0.15) is 0 Å². The standard InChI is InChI=1S/CH2O.Na.Ta.H/c1-2;;;/h1H2;;;. The Kier molecular flexibility index (Phi) is 117. The van der Waals surface area contributed by atoms with Crippen LogP contribution in [0.15, 0.2) is 0 Å². The van der Waals surface area contributed by atoms with Crippen molar-refractivity contribution in [1.29, 1.82) is 0 Å². The summed E-state index contributed by atoms with van der Waals surface area (Å²) in [5, 5.41) is 0. The summed E-state index contributed by atoms with van der Waals surface area (Å²) >= 11 is 0. The maximum atomic E-state index is 8.00. The fourth-order valence-corrected chi connectivity index (χ4v) is 0. The molecule has 0 atom stereocenters. The molecule has 0 rings (SSSR count). The molecule has 0 spiro atoms. The molecule has 0 N–H and O–H groups in total. The zero-order valence-electron chi connectivity index (χ0n) is 1.56. The van der Waals surface area contributed by atoms with Crippen LogP contribution in [0.3, 0.4) is 0 Å². The van der Waals surface area contributed by atoms with E-state index in [9.17, 15) is 0 Å². The largest absolute Gasteiger partial charge is 0 e. The maximum Gasteiger partial charge on any atom is 0 e. The van der Waals surface area contributed by atoms with E-state index in [2.05, 4.69) is 0 Å². The van der Waals surface area contributed by atoms with Crippen LogP contribution in [0.1, 0.15) is 0 Å². The Balaban J connectivity index is -0.00000000500. The summed E-state index contributed by atoms with van der Waals surface area (Å²) in [7, 11) is 0. The molecular weight excluding hydrogens is 232 g/mol. The second kappa shape index (κ2) is 25.8. The van der Waals surface area contributed by atoms with E-state index in [1.807, 2.05) is 6.79 Å². The molecule has 0 unspecified atom stereocenters. The Hall–Kier alpha value is 1.41. The third-order valence-corrected chi connectivity index (χ3v) is 0. The van der Waals surface area contributed by atoms with Crippen LogP contribution in [0.5, 0.6) is 0 Å². The SMILES string of the molecule is C=O.[NaH].[Ta]. The van der Waals surface area contributed by atoms with E-state index >= 15 is 0 Å². The first kappa shape index (κ1) is 18.1. The van der Waals surface area contributed by atoms with E-state index in [0.717, 1.165) is 0 Å². The van der Waals surface area contributed by atoms with Gasteiger partial charge in [-0.3, -0.25) is 0 Å². The van der Waals surface area contributed by atoms with E-state index in [4.69, 9.17) is 4.79 Å². The van der Waals surface area contributed by atoms with Gasteiger partial charge in [0.2, 0.25) is 0 Å². The molecule has 1 radical (unpaired) electrons. The molecule has 0 bridgehead atoms. The van der Waals surface area contributed by atoms with E-state index in [0.29, 0.717) is 0 Å². The predicted molar refractivity (Wildman–Crippen MR) is 14.3 cm³/mol. The monoisotopic (exact) mass is 235 g/mol. The van der Waals surface area contributed by atoms with Crippen LogP contribution >= 0.6 is 0 Å². The van der Waals surface area contributed by atoms with Gasteiger partial charge >= 0.3 is 29.6 Å². The van der Waals surface area contributed by atoms with Crippen molar-refractivity contribution in [2.45, 2.75) is 0 Å². The Morgan fingerprint density at radius 3 is 1.25 bits per heavy atom. The van der Waals surface area contributed by atoms with E-state index in [-0.39, 0.29) is 51.9 Å². The molecule has 0 aromatic rings. The van der Waals surface area contributed by atoms with Crippen LogP contribution < -0.4 is 0 Å². The van der Waals surface area contributed by atoms with Gasteiger partial charge < -0.3 is 4.79 Å². The molecule has 0 aliphatic heterocycles. The van der Waals surface area contributed by atoms with Crippen molar-refractivity contribution in [3.63, 3.8) is 0 Å². The minimum atomic E-state index is 0. The van der Waals surface area contributed by atoms with Crippen LogP contribution in [0.25, 0.3) is 0 Å². The molecule has 0 aliphatic carbocycles. The van der Waals surface area contributed by atoms with Gasteiger partial charge in [-0.25, -0.2) is 0 Å². The van der Waals surface area contributed by atoms with Crippen molar-refractivity contribution in [3.8, 4) is 0 Å². The van der Waals surface area contributed by atoms with Crippen molar-refractivity contribution in [2.24, 2.45) is 0 Å². The molecule has 0 aliphatic rings. The Bertz CT molecular complexity index is 8.00.